The second-order valence-electron chi connectivity index (χ2n) is 7.61. The molecule has 1 atom stereocenters. The quantitative estimate of drug-likeness (QED) is 0.405. The van der Waals surface area contributed by atoms with Crippen molar-refractivity contribution in [3.63, 3.8) is 0 Å². The third-order valence-corrected chi connectivity index (χ3v) is 5.84. The fourth-order valence-electron chi connectivity index (χ4n) is 3.82. The van der Waals surface area contributed by atoms with Crippen LogP contribution in [-0.4, -0.2) is 43.5 Å². The van der Waals surface area contributed by atoms with Gasteiger partial charge in [-0.2, -0.15) is 0 Å². The van der Waals surface area contributed by atoms with E-state index < -0.39 is 6.04 Å². The first kappa shape index (κ1) is 21.2. The lowest BCUT2D eigenvalue weighted by molar-refractivity contribution is -0.152. The third-order valence-electron chi connectivity index (χ3n) is 5.31. The number of hydrogen-bond donors (Lipinski definition) is 2. The SMILES string of the molecule is CC(=O)N[C@@H](Cc1ccc(-n2c(Br)nc3c(N)ncnc32)cc1)C(=O)OC1CCCC1. The Balaban J connectivity index is 1.54. The van der Waals surface area contributed by atoms with Crippen LogP contribution in [0.25, 0.3) is 16.9 Å². The fourth-order valence-corrected chi connectivity index (χ4v) is 4.37. The van der Waals surface area contributed by atoms with Crippen LogP contribution in [0.2, 0.25) is 0 Å². The van der Waals surface area contributed by atoms with E-state index in [2.05, 4.69) is 36.2 Å². The van der Waals surface area contributed by atoms with Crippen LogP contribution in [0, 0.1) is 0 Å². The van der Waals surface area contributed by atoms with Gasteiger partial charge in [0.25, 0.3) is 0 Å². The number of fused-ring (bicyclic) bond motifs is 1. The van der Waals surface area contributed by atoms with E-state index in [1.54, 1.807) is 0 Å². The maximum Gasteiger partial charge on any atom is 0.329 e. The lowest BCUT2D eigenvalue weighted by Crippen LogP contribution is -2.43. The van der Waals surface area contributed by atoms with Crippen molar-refractivity contribution in [3.8, 4) is 5.69 Å². The summed E-state index contributed by atoms with van der Waals surface area (Å²) < 4.78 is 7.98. The summed E-state index contributed by atoms with van der Waals surface area (Å²) in [5.41, 5.74) is 8.70. The molecule has 1 fully saturated rings. The molecule has 1 aromatic carbocycles. The van der Waals surface area contributed by atoms with Gasteiger partial charge in [-0.3, -0.25) is 9.36 Å². The van der Waals surface area contributed by atoms with E-state index in [9.17, 15) is 9.59 Å². The monoisotopic (exact) mass is 486 g/mol. The van der Waals surface area contributed by atoms with E-state index in [1.165, 1.54) is 13.3 Å². The largest absolute Gasteiger partial charge is 0.461 e. The van der Waals surface area contributed by atoms with Crippen molar-refractivity contribution < 1.29 is 14.3 Å². The summed E-state index contributed by atoms with van der Waals surface area (Å²) in [5.74, 6) is -0.349. The molecule has 1 aliphatic carbocycles. The number of rotatable bonds is 6. The number of amides is 1. The molecule has 31 heavy (non-hydrogen) atoms. The second-order valence-corrected chi connectivity index (χ2v) is 8.32. The van der Waals surface area contributed by atoms with Crippen LogP contribution < -0.4 is 11.1 Å². The molecule has 0 bridgehead atoms. The Kier molecular flexibility index (Phi) is 6.17. The summed E-state index contributed by atoms with van der Waals surface area (Å²) in [4.78, 5) is 36.9. The van der Waals surface area contributed by atoms with Crippen molar-refractivity contribution in [2.24, 2.45) is 0 Å². The Morgan fingerprint density at radius 2 is 1.97 bits per heavy atom. The number of nitrogens with zero attached hydrogens (tertiary/aromatic N) is 4. The predicted molar refractivity (Wildman–Crippen MR) is 118 cm³/mol. The number of hydrogen-bond acceptors (Lipinski definition) is 7. The van der Waals surface area contributed by atoms with E-state index in [0.29, 0.717) is 28.1 Å². The van der Waals surface area contributed by atoms with Crippen molar-refractivity contribution in [3.05, 3.63) is 40.9 Å². The molecule has 0 unspecified atom stereocenters. The van der Waals surface area contributed by atoms with Gasteiger partial charge >= 0.3 is 5.97 Å². The zero-order valence-electron chi connectivity index (χ0n) is 17.0. The van der Waals surface area contributed by atoms with Crippen LogP contribution in [0.4, 0.5) is 5.82 Å². The molecule has 3 N–H and O–H groups in total. The van der Waals surface area contributed by atoms with Gasteiger partial charge in [-0.15, -0.1) is 0 Å². The first-order chi connectivity index (χ1) is 14.9. The first-order valence-electron chi connectivity index (χ1n) is 10.1. The van der Waals surface area contributed by atoms with Crippen molar-refractivity contribution in [1.29, 1.82) is 0 Å². The average molecular weight is 487 g/mol. The van der Waals surface area contributed by atoms with E-state index >= 15 is 0 Å². The lowest BCUT2D eigenvalue weighted by atomic mass is 10.1. The normalized spacial score (nSPS) is 15.2. The van der Waals surface area contributed by atoms with Gasteiger partial charge in [-0.25, -0.2) is 19.7 Å². The number of esters is 1. The number of anilines is 1. The summed E-state index contributed by atoms with van der Waals surface area (Å²) >= 11 is 3.45. The number of nitrogen functional groups attached to an aromatic ring is 1. The van der Waals surface area contributed by atoms with Gasteiger partial charge in [-0.05, 0) is 59.3 Å². The molecule has 9 nitrogen and oxygen atoms in total. The topological polar surface area (TPSA) is 125 Å². The van der Waals surface area contributed by atoms with Crippen LogP contribution in [0.15, 0.2) is 35.3 Å². The lowest BCUT2D eigenvalue weighted by Gasteiger charge is -2.20. The fraction of sp³-hybridized carbons (Fsp3) is 0.381. The van der Waals surface area contributed by atoms with Crippen LogP contribution in [0.3, 0.4) is 0 Å². The number of ether oxygens (including phenoxy) is 1. The van der Waals surface area contributed by atoms with Crippen LogP contribution in [0.1, 0.15) is 38.2 Å². The number of carbonyl (C=O) groups is 2. The number of benzene rings is 1. The van der Waals surface area contributed by atoms with E-state index in [1.807, 2.05) is 28.8 Å². The number of nitrogens with two attached hydrogens (primary N) is 1. The van der Waals surface area contributed by atoms with E-state index in [0.717, 1.165) is 36.9 Å². The van der Waals surface area contributed by atoms with Gasteiger partial charge < -0.3 is 15.8 Å². The summed E-state index contributed by atoms with van der Waals surface area (Å²) in [6.45, 7) is 1.40. The van der Waals surface area contributed by atoms with Crippen LogP contribution in [0.5, 0.6) is 0 Å². The van der Waals surface area contributed by atoms with Crippen molar-refractivity contribution in [1.82, 2.24) is 24.8 Å². The molecule has 1 saturated carbocycles. The maximum absolute atomic E-state index is 12.6. The highest BCUT2D eigenvalue weighted by atomic mass is 79.9. The van der Waals surface area contributed by atoms with Crippen molar-refractivity contribution in [2.45, 2.75) is 51.2 Å². The van der Waals surface area contributed by atoms with E-state index in [4.69, 9.17) is 10.5 Å². The minimum absolute atomic E-state index is 0.0487. The minimum Gasteiger partial charge on any atom is -0.461 e. The Hall–Kier alpha value is -3.01. The Bertz CT molecular complexity index is 1110. The summed E-state index contributed by atoms with van der Waals surface area (Å²) in [6, 6.07) is 6.86. The number of nitrogens with one attached hydrogen (secondary N) is 1. The number of carbonyl (C=O) groups excluding carboxylic acids is 2. The maximum atomic E-state index is 12.6. The Morgan fingerprint density at radius 3 is 2.65 bits per heavy atom. The summed E-state index contributed by atoms with van der Waals surface area (Å²) in [5, 5.41) is 2.72. The highest BCUT2D eigenvalue weighted by Crippen LogP contribution is 2.26. The van der Waals surface area contributed by atoms with Crippen LogP contribution >= 0.6 is 15.9 Å². The van der Waals surface area contributed by atoms with Gasteiger partial charge in [0, 0.05) is 19.0 Å². The number of imidazole rings is 1. The molecule has 0 spiro atoms. The molecular weight excluding hydrogens is 464 g/mol. The zero-order valence-corrected chi connectivity index (χ0v) is 18.6. The molecule has 3 aromatic rings. The number of halogens is 1. The standard InChI is InChI=1S/C21H23BrN6O3/c1-12(29)26-16(20(30)31-15-4-2-3-5-15)10-13-6-8-14(9-7-13)28-19-17(27-21(28)22)18(23)24-11-25-19/h6-9,11,15-16H,2-5,10H2,1H3,(H,26,29)(H2,23,24,25)/t16-/m0/s1. The molecule has 2 heterocycles. The average Bonchev–Trinajstić information content (AvgIpc) is 3.36. The highest BCUT2D eigenvalue weighted by molar-refractivity contribution is 9.10. The summed E-state index contributed by atoms with van der Waals surface area (Å²) in [7, 11) is 0. The molecule has 1 amide bonds. The zero-order chi connectivity index (χ0) is 22.0. The van der Waals surface area contributed by atoms with Gasteiger partial charge in [0.05, 0.1) is 0 Å². The summed E-state index contributed by atoms with van der Waals surface area (Å²) in [6.07, 6.45) is 5.59. The predicted octanol–water partition coefficient (Wildman–Crippen LogP) is 2.69. The van der Waals surface area contributed by atoms with Gasteiger partial charge in [0.15, 0.2) is 21.7 Å². The molecule has 4 rings (SSSR count). The molecule has 10 heteroatoms. The first-order valence-corrected chi connectivity index (χ1v) is 10.9. The highest BCUT2D eigenvalue weighted by Gasteiger charge is 2.26. The smallest absolute Gasteiger partial charge is 0.329 e. The third kappa shape index (κ3) is 4.68. The Morgan fingerprint density at radius 1 is 1.26 bits per heavy atom. The van der Waals surface area contributed by atoms with Gasteiger partial charge in [0.1, 0.15) is 18.5 Å². The molecule has 0 saturated heterocycles. The molecule has 162 valence electrons. The van der Waals surface area contributed by atoms with E-state index in [-0.39, 0.29) is 18.0 Å². The van der Waals surface area contributed by atoms with Crippen LogP contribution in [-0.2, 0) is 20.7 Å². The molecule has 1 aliphatic rings. The molecule has 0 aliphatic heterocycles. The number of aromatic nitrogens is 4. The molecule has 2 aromatic heterocycles. The molecule has 0 radical (unpaired) electrons. The molecular formula is C21H23BrN6O3. The van der Waals surface area contributed by atoms with Crippen molar-refractivity contribution in [2.75, 3.05) is 5.73 Å². The minimum atomic E-state index is -0.725. The van der Waals surface area contributed by atoms with Gasteiger partial charge in [0.2, 0.25) is 5.91 Å². The van der Waals surface area contributed by atoms with Crippen molar-refractivity contribution >= 4 is 44.8 Å². The van der Waals surface area contributed by atoms with Gasteiger partial charge in [-0.1, -0.05) is 12.1 Å². The second kappa shape index (κ2) is 9.01. The Labute approximate surface area is 187 Å².